The molecule has 0 radical (unpaired) electrons. The van der Waals surface area contributed by atoms with E-state index in [9.17, 15) is 0 Å². The molecule has 3 aliphatic rings. The monoisotopic (exact) mass is 228 g/mol. The Morgan fingerprint density at radius 3 is 3.06 bits per heavy atom. The van der Waals surface area contributed by atoms with E-state index in [4.69, 9.17) is 0 Å². The summed E-state index contributed by atoms with van der Waals surface area (Å²) in [6, 6.07) is 6.98. The standard InChI is InChI=1S/C15H20N2/c1-16-7-5-12-9-17-8-6-11-3-2-4-13(15(11)17)14(12)10-16/h2-4,12,14H,5-10H2,1H3/t12-,14?/m1/s1. The molecule has 1 aromatic carbocycles. The first-order chi connectivity index (χ1) is 8.33. The summed E-state index contributed by atoms with van der Waals surface area (Å²) in [5.41, 5.74) is 4.83. The van der Waals surface area contributed by atoms with Gasteiger partial charge in [0.1, 0.15) is 0 Å². The topological polar surface area (TPSA) is 6.48 Å². The second-order valence-corrected chi connectivity index (χ2v) is 5.97. The Hall–Kier alpha value is -1.02. The number of rotatable bonds is 0. The van der Waals surface area contributed by atoms with Crippen LogP contribution in [0.4, 0.5) is 5.69 Å². The van der Waals surface area contributed by atoms with Crippen molar-refractivity contribution in [2.45, 2.75) is 18.8 Å². The highest BCUT2D eigenvalue weighted by Gasteiger charge is 2.38. The van der Waals surface area contributed by atoms with Crippen molar-refractivity contribution in [2.75, 3.05) is 38.1 Å². The lowest BCUT2D eigenvalue weighted by Gasteiger charge is -2.44. The van der Waals surface area contributed by atoms with Gasteiger partial charge in [-0.2, -0.15) is 0 Å². The van der Waals surface area contributed by atoms with Crippen LogP contribution in [0.15, 0.2) is 18.2 Å². The van der Waals surface area contributed by atoms with E-state index in [1.54, 1.807) is 16.8 Å². The van der Waals surface area contributed by atoms with Crippen LogP contribution in [0.25, 0.3) is 0 Å². The van der Waals surface area contributed by atoms with Crippen LogP contribution >= 0.6 is 0 Å². The summed E-state index contributed by atoms with van der Waals surface area (Å²) >= 11 is 0. The van der Waals surface area contributed by atoms with Gasteiger partial charge in [-0.05, 0) is 43.5 Å². The molecule has 2 heteroatoms. The average molecular weight is 228 g/mol. The Balaban J connectivity index is 1.82. The van der Waals surface area contributed by atoms with Crippen molar-refractivity contribution < 1.29 is 0 Å². The molecule has 0 N–H and O–H groups in total. The van der Waals surface area contributed by atoms with Crippen molar-refractivity contribution in [3.05, 3.63) is 29.3 Å². The van der Waals surface area contributed by atoms with Crippen LogP contribution in [0, 0.1) is 5.92 Å². The maximum atomic E-state index is 2.65. The van der Waals surface area contributed by atoms with Gasteiger partial charge in [0.2, 0.25) is 0 Å². The van der Waals surface area contributed by atoms with E-state index in [1.807, 2.05) is 0 Å². The maximum Gasteiger partial charge on any atom is 0.0435 e. The first kappa shape index (κ1) is 9.95. The highest BCUT2D eigenvalue weighted by atomic mass is 15.2. The largest absolute Gasteiger partial charge is 0.370 e. The van der Waals surface area contributed by atoms with E-state index in [0.29, 0.717) is 0 Å². The molecule has 2 atom stereocenters. The van der Waals surface area contributed by atoms with E-state index < -0.39 is 0 Å². The van der Waals surface area contributed by atoms with Crippen LogP contribution in [0.2, 0.25) is 0 Å². The number of likely N-dealkylation sites (N-methyl/N-ethyl adjacent to an activating group) is 1. The molecule has 0 aromatic heterocycles. The highest BCUT2D eigenvalue weighted by Crippen LogP contribution is 2.46. The van der Waals surface area contributed by atoms with Crippen molar-refractivity contribution in [2.24, 2.45) is 5.92 Å². The highest BCUT2D eigenvalue weighted by molar-refractivity contribution is 5.66. The third-order valence-electron chi connectivity index (χ3n) is 4.93. The molecule has 3 aliphatic heterocycles. The number of anilines is 1. The van der Waals surface area contributed by atoms with Crippen molar-refractivity contribution in [3.8, 4) is 0 Å². The van der Waals surface area contributed by atoms with Gasteiger partial charge in [-0.15, -0.1) is 0 Å². The fraction of sp³-hybridized carbons (Fsp3) is 0.600. The third kappa shape index (κ3) is 1.37. The number of fused-ring (bicyclic) bond motifs is 2. The lowest BCUT2D eigenvalue weighted by atomic mass is 9.77. The lowest BCUT2D eigenvalue weighted by Crippen LogP contribution is -2.45. The molecule has 0 spiro atoms. The Kier molecular flexibility index (Phi) is 2.04. The molecule has 3 heterocycles. The van der Waals surface area contributed by atoms with Gasteiger partial charge in [0.15, 0.2) is 0 Å². The molecule has 17 heavy (non-hydrogen) atoms. The number of piperidine rings is 1. The summed E-state index contributed by atoms with van der Waals surface area (Å²) in [6.45, 7) is 5.10. The van der Waals surface area contributed by atoms with Crippen molar-refractivity contribution in [1.82, 2.24) is 4.90 Å². The Labute approximate surface area is 103 Å². The maximum absolute atomic E-state index is 2.65. The molecule has 90 valence electrons. The summed E-state index contributed by atoms with van der Waals surface area (Å²) < 4.78 is 0. The molecule has 4 rings (SSSR count). The predicted molar refractivity (Wildman–Crippen MR) is 70.7 cm³/mol. The van der Waals surface area contributed by atoms with Gasteiger partial charge >= 0.3 is 0 Å². The van der Waals surface area contributed by atoms with Gasteiger partial charge < -0.3 is 9.80 Å². The Bertz CT molecular complexity index is 454. The molecule has 1 unspecified atom stereocenters. The Morgan fingerprint density at radius 2 is 2.12 bits per heavy atom. The molecule has 1 fully saturated rings. The predicted octanol–water partition coefficient (Wildman–Crippen LogP) is 2.10. The zero-order valence-electron chi connectivity index (χ0n) is 10.5. The number of hydrogen-bond acceptors (Lipinski definition) is 2. The van der Waals surface area contributed by atoms with Gasteiger partial charge in [-0.25, -0.2) is 0 Å². The van der Waals surface area contributed by atoms with Gasteiger partial charge in [0.25, 0.3) is 0 Å². The third-order valence-corrected chi connectivity index (χ3v) is 4.93. The SMILES string of the molecule is CN1CC[C@@H]2CN3CCc4cccc(c43)C2C1. The van der Waals surface area contributed by atoms with E-state index in [2.05, 4.69) is 35.0 Å². The number of benzene rings is 1. The normalized spacial score (nSPS) is 31.2. The first-order valence-electron chi connectivity index (χ1n) is 6.88. The fourth-order valence-corrected chi connectivity index (χ4v) is 4.07. The fourth-order valence-electron chi connectivity index (χ4n) is 4.07. The van der Waals surface area contributed by atoms with Crippen molar-refractivity contribution in [3.63, 3.8) is 0 Å². The summed E-state index contributed by atoms with van der Waals surface area (Å²) in [7, 11) is 2.27. The van der Waals surface area contributed by atoms with Crippen LogP contribution in [-0.2, 0) is 6.42 Å². The summed E-state index contributed by atoms with van der Waals surface area (Å²) in [5.74, 6) is 1.69. The number of nitrogens with zero attached hydrogens (tertiary/aromatic N) is 2. The molecular formula is C15H20N2. The molecule has 0 amide bonds. The van der Waals surface area contributed by atoms with Crippen LogP contribution in [0.1, 0.15) is 23.5 Å². The van der Waals surface area contributed by atoms with Crippen LogP contribution in [0.3, 0.4) is 0 Å². The van der Waals surface area contributed by atoms with E-state index in [-0.39, 0.29) is 0 Å². The summed E-state index contributed by atoms with van der Waals surface area (Å²) in [4.78, 5) is 5.16. The van der Waals surface area contributed by atoms with E-state index >= 15 is 0 Å². The second kappa shape index (κ2) is 3.49. The molecule has 0 aliphatic carbocycles. The molecule has 0 saturated carbocycles. The first-order valence-corrected chi connectivity index (χ1v) is 6.88. The molecular weight excluding hydrogens is 208 g/mol. The van der Waals surface area contributed by atoms with Gasteiger partial charge in [-0.3, -0.25) is 0 Å². The average Bonchev–Trinajstić information content (AvgIpc) is 2.75. The molecule has 1 saturated heterocycles. The van der Waals surface area contributed by atoms with Crippen LogP contribution < -0.4 is 4.90 Å². The minimum Gasteiger partial charge on any atom is -0.370 e. The molecule has 1 aromatic rings. The second-order valence-electron chi connectivity index (χ2n) is 5.97. The number of hydrogen-bond donors (Lipinski definition) is 0. The van der Waals surface area contributed by atoms with Crippen molar-refractivity contribution >= 4 is 5.69 Å². The molecule has 2 nitrogen and oxygen atoms in total. The lowest BCUT2D eigenvalue weighted by molar-refractivity contribution is 0.186. The number of para-hydroxylation sites is 1. The van der Waals surface area contributed by atoms with E-state index in [1.165, 1.54) is 39.0 Å². The van der Waals surface area contributed by atoms with Gasteiger partial charge in [0.05, 0.1) is 0 Å². The van der Waals surface area contributed by atoms with E-state index in [0.717, 1.165) is 11.8 Å². The quantitative estimate of drug-likeness (QED) is 0.671. The summed E-state index contributed by atoms with van der Waals surface area (Å²) in [5, 5.41) is 0. The zero-order valence-corrected chi connectivity index (χ0v) is 10.5. The minimum absolute atomic E-state index is 0.790. The van der Waals surface area contributed by atoms with Crippen LogP contribution in [-0.4, -0.2) is 38.1 Å². The zero-order chi connectivity index (χ0) is 11.4. The minimum atomic E-state index is 0.790. The van der Waals surface area contributed by atoms with Crippen LogP contribution in [0.5, 0.6) is 0 Å². The van der Waals surface area contributed by atoms with Crippen molar-refractivity contribution in [1.29, 1.82) is 0 Å². The molecule has 0 bridgehead atoms. The van der Waals surface area contributed by atoms with Gasteiger partial charge in [-0.1, -0.05) is 18.2 Å². The Morgan fingerprint density at radius 1 is 1.18 bits per heavy atom. The smallest absolute Gasteiger partial charge is 0.0435 e. The summed E-state index contributed by atoms with van der Waals surface area (Å²) in [6.07, 6.45) is 2.64. The number of likely N-dealkylation sites (tertiary alicyclic amines) is 1. The van der Waals surface area contributed by atoms with Gasteiger partial charge in [0, 0.05) is 31.2 Å².